The number of hydrogen-bond acceptors (Lipinski definition) is 3. The van der Waals surface area contributed by atoms with Gasteiger partial charge in [0.2, 0.25) is 15.9 Å². The van der Waals surface area contributed by atoms with Gasteiger partial charge in [-0.25, -0.2) is 12.8 Å². The van der Waals surface area contributed by atoms with Crippen LogP contribution in [0, 0.1) is 12.7 Å². The predicted octanol–water partition coefficient (Wildman–Crippen LogP) is 3.82. The van der Waals surface area contributed by atoms with Gasteiger partial charge >= 0.3 is 0 Å². The Morgan fingerprint density at radius 1 is 1.11 bits per heavy atom. The number of aryl methyl sites for hydroxylation is 1. The monoisotopic (exact) mass is 390 g/mol. The van der Waals surface area contributed by atoms with Crippen LogP contribution in [0.2, 0.25) is 0 Å². The van der Waals surface area contributed by atoms with Gasteiger partial charge in [-0.2, -0.15) is 4.31 Å². The topological polar surface area (TPSA) is 66.5 Å². The molecule has 0 bridgehead atoms. The number of carbonyl (C=O) groups excluding carboxylic acids is 1. The van der Waals surface area contributed by atoms with E-state index in [0.717, 1.165) is 5.56 Å². The van der Waals surface area contributed by atoms with Gasteiger partial charge < -0.3 is 5.32 Å². The van der Waals surface area contributed by atoms with Crippen LogP contribution in [0.3, 0.4) is 0 Å². The van der Waals surface area contributed by atoms with Crippen molar-refractivity contribution in [3.8, 4) is 0 Å². The summed E-state index contributed by atoms with van der Waals surface area (Å²) in [5.41, 5.74) is 1.61. The molecular formula is C20H23FN2O3S. The summed E-state index contributed by atoms with van der Waals surface area (Å²) in [5.74, 6) is -0.979. The molecule has 0 aliphatic rings. The summed E-state index contributed by atoms with van der Waals surface area (Å²) in [7, 11) is -3.51. The highest BCUT2D eigenvalue weighted by Gasteiger charge is 2.20. The molecule has 1 N–H and O–H groups in total. The van der Waals surface area contributed by atoms with Crippen LogP contribution < -0.4 is 5.32 Å². The fourth-order valence-corrected chi connectivity index (χ4v) is 4.00. The minimum absolute atomic E-state index is 0.116. The zero-order valence-corrected chi connectivity index (χ0v) is 16.4. The van der Waals surface area contributed by atoms with Crippen LogP contribution >= 0.6 is 0 Å². The number of benzene rings is 2. The zero-order valence-electron chi connectivity index (χ0n) is 15.6. The normalized spacial score (nSPS) is 11.9. The van der Waals surface area contributed by atoms with Gasteiger partial charge in [0.1, 0.15) is 5.82 Å². The van der Waals surface area contributed by atoms with Gasteiger partial charge in [-0.3, -0.25) is 4.79 Å². The Kier molecular flexibility index (Phi) is 6.87. The highest BCUT2D eigenvalue weighted by atomic mass is 32.2. The summed E-state index contributed by atoms with van der Waals surface area (Å²) in [6, 6.07) is 10.7. The van der Waals surface area contributed by atoms with Gasteiger partial charge in [0.25, 0.3) is 0 Å². The molecule has 0 fully saturated rings. The quantitative estimate of drug-likeness (QED) is 0.731. The van der Waals surface area contributed by atoms with Crippen LogP contribution in [0.25, 0.3) is 6.08 Å². The molecule has 0 unspecified atom stereocenters. The Labute approximate surface area is 159 Å². The number of anilines is 1. The van der Waals surface area contributed by atoms with E-state index in [1.54, 1.807) is 45.0 Å². The van der Waals surface area contributed by atoms with Crippen molar-refractivity contribution in [1.82, 2.24) is 4.31 Å². The molecule has 144 valence electrons. The lowest BCUT2D eigenvalue weighted by atomic mass is 10.2. The van der Waals surface area contributed by atoms with E-state index in [4.69, 9.17) is 0 Å². The maximum atomic E-state index is 13.7. The van der Waals surface area contributed by atoms with Gasteiger partial charge in [0.15, 0.2) is 0 Å². The van der Waals surface area contributed by atoms with E-state index in [1.165, 1.54) is 34.7 Å². The smallest absolute Gasteiger partial charge is 0.248 e. The number of hydrogen-bond donors (Lipinski definition) is 1. The van der Waals surface area contributed by atoms with Gasteiger partial charge in [0, 0.05) is 19.2 Å². The molecule has 2 rings (SSSR count). The fourth-order valence-electron chi connectivity index (χ4n) is 2.54. The maximum absolute atomic E-state index is 13.7. The highest BCUT2D eigenvalue weighted by Crippen LogP contribution is 2.18. The first-order valence-corrected chi connectivity index (χ1v) is 10.1. The summed E-state index contributed by atoms with van der Waals surface area (Å²) < 4.78 is 39.9. The van der Waals surface area contributed by atoms with E-state index in [2.05, 4.69) is 5.32 Å². The molecule has 0 radical (unpaired) electrons. The molecule has 0 heterocycles. The lowest BCUT2D eigenvalue weighted by Gasteiger charge is -2.18. The highest BCUT2D eigenvalue weighted by molar-refractivity contribution is 7.89. The van der Waals surface area contributed by atoms with Gasteiger partial charge in [-0.05, 0) is 48.4 Å². The maximum Gasteiger partial charge on any atom is 0.248 e. The van der Waals surface area contributed by atoms with Crippen molar-refractivity contribution in [3.63, 3.8) is 0 Å². The van der Waals surface area contributed by atoms with Crippen molar-refractivity contribution in [1.29, 1.82) is 0 Å². The molecule has 0 atom stereocenters. The summed E-state index contributed by atoms with van der Waals surface area (Å²) in [6.07, 6.45) is 2.81. The standard InChI is InChI=1S/C20H23FN2O3S/c1-4-23(5-2)27(25,26)17-10-7-16(8-11-17)9-13-20(24)22-19-14-15(3)6-12-18(19)21/h6-14H,4-5H2,1-3H3,(H,22,24)/b13-9+. The molecule has 1 amide bonds. The molecule has 0 spiro atoms. The Morgan fingerprint density at radius 3 is 2.33 bits per heavy atom. The van der Waals surface area contributed by atoms with Crippen molar-refractivity contribution in [2.75, 3.05) is 18.4 Å². The minimum atomic E-state index is -3.51. The van der Waals surface area contributed by atoms with Gasteiger partial charge in [-0.15, -0.1) is 0 Å². The average Bonchev–Trinajstić information content (AvgIpc) is 2.64. The first-order valence-electron chi connectivity index (χ1n) is 8.63. The second kappa shape index (κ2) is 8.92. The molecule has 5 nitrogen and oxygen atoms in total. The number of halogens is 1. The number of nitrogens with one attached hydrogen (secondary N) is 1. The number of nitrogens with zero attached hydrogens (tertiary/aromatic N) is 1. The van der Waals surface area contributed by atoms with Gasteiger partial charge in [0.05, 0.1) is 10.6 Å². The van der Waals surface area contributed by atoms with Crippen LogP contribution in [0.1, 0.15) is 25.0 Å². The summed E-state index contributed by atoms with van der Waals surface area (Å²) in [5, 5.41) is 2.48. The molecule has 0 saturated heterocycles. The molecule has 0 aliphatic carbocycles. The first-order chi connectivity index (χ1) is 12.8. The molecule has 27 heavy (non-hydrogen) atoms. The van der Waals surface area contributed by atoms with Crippen LogP contribution in [0.5, 0.6) is 0 Å². The largest absolute Gasteiger partial charge is 0.320 e. The van der Waals surface area contributed by atoms with Crippen molar-refractivity contribution >= 4 is 27.7 Å². The summed E-state index contributed by atoms with van der Waals surface area (Å²) in [6.45, 7) is 6.17. The second-order valence-electron chi connectivity index (χ2n) is 5.96. The lowest BCUT2D eigenvalue weighted by Crippen LogP contribution is -2.30. The molecule has 2 aromatic rings. The van der Waals surface area contributed by atoms with Crippen molar-refractivity contribution in [2.45, 2.75) is 25.7 Å². The van der Waals surface area contributed by atoms with E-state index < -0.39 is 21.7 Å². The van der Waals surface area contributed by atoms with Gasteiger partial charge in [-0.1, -0.05) is 32.0 Å². The summed E-state index contributed by atoms with van der Waals surface area (Å²) in [4.78, 5) is 12.2. The molecule has 0 aliphatic heterocycles. The third kappa shape index (κ3) is 5.24. The van der Waals surface area contributed by atoms with Crippen LogP contribution in [-0.4, -0.2) is 31.7 Å². The van der Waals surface area contributed by atoms with Crippen LogP contribution in [0.4, 0.5) is 10.1 Å². The molecule has 0 saturated carbocycles. The Morgan fingerprint density at radius 2 is 1.74 bits per heavy atom. The number of sulfonamides is 1. The molecule has 2 aromatic carbocycles. The van der Waals surface area contributed by atoms with E-state index in [0.29, 0.717) is 18.7 Å². The number of rotatable bonds is 7. The third-order valence-corrected chi connectivity index (χ3v) is 6.09. The Hall–Kier alpha value is -2.51. The van der Waals surface area contributed by atoms with Crippen molar-refractivity contribution in [3.05, 3.63) is 65.5 Å². The second-order valence-corrected chi connectivity index (χ2v) is 7.90. The summed E-state index contributed by atoms with van der Waals surface area (Å²) >= 11 is 0. The Bertz CT molecular complexity index is 934. The van der Waals surface area contributed by atoms with E-state index in [-0.39, 0.29) is 10.6 Å². The van der Waals surface area contributed by atoms with Crippen LogP contribution in [-0.2, 0) is 14.8 Å². The number of amides is 1. The third-order valence-electron chi connectivity index (χ3n) is 4.03. The van der Waals surface area contributed by atoms with E-state index in [1.807, 2.05) is 0 Å². The zero-order chi connectivity index (χ0) is 20.0. The lowest BCUT2D eigenvalue weighted by molar-refractivity contribution is -0.111. The molecule has 7 heteroatoms. The average molecular weight is 390 g/mol. The van der Waals surface area contributed by atoms with Crippen molar-refractivity contribution < 1.29 is 17.6 Å². The van der Waals surface area contributed by atoms with E-state index in [9.17, 15) is 17.6 Å². The number of carbonyl (C=O) groups is 1. The van der Waals surface area contributed by atoms with Crippen molar-refractivity contribution in [2.24, 2.45) is 0 Å². The molecule has 0 aromatic heterocycles. The molecular weight excluding hydrogens is 367 g/mol. The predicted molar refractivity (Wildman–Crippen MR) is 105 cm³/mol. The minimum Gasteiger partial charge on any atom is -0.320 e. The fraction of sp³-hybridized carbons (Fsp3) is 0.250. The Balaban J connectivity index is 2.09. The first kappa shape index (κ1) is 20.8. The SMILES string of the molecule is CCN(CC)S(=O)(=O)c1ccc(/C=C/C(=O)Nc2cc(C)ccc2F)cc1. The van der Waals surface area contributed by atoms with E-state index >= 15 is 0 Å². The van der Waals surface area contributed by atoms with Crippen LogP contribution in [0.15, 0.2) is 53.4 Å².